The van der Waals surface area contributed by atoms with Crippen LogP contribution in [0.2, 0.25) is 0 Å². The van der Waals surface area contributed by atoms with Gasteiger partial charge in [0.1, 0.15) is 5.82 Å². The second-order valence-electron chi connectivity index (χ2n) is 4.04. The maximum Gasteiger partial charge on any atom is 0.258 e. The number of carbonyl (C=O) groups excluding carboxylic acids is 1. The number of hydrogen-bond donors (Lipinski definition) is 1. The summed E-state index contributed by atoms with van der Waals surface area (Å²) in [6.45, 7) is 1.95. The smallest absolute Gasteiger partial charge is 0.258 e. The first-order valence-corrected chi connectivity index (χ1v) is 7.08. The van der Waals surface area contributed by atoms with E-state index in [-0.39, 0.29) is 5.56 Å². The number of nitrogens with one attached hydrogen (secondary N) is 1. The van der Waals surface area contributed by atoms with Crippen LogP contribution in [0.25, 0.3) is 0 Å². The standard InChI is InChI=1S/C14H10Br2FNO/c1-8-2-4-10(7-12(8)16)18-14(19)11-5-3-9(15)6-13(11)17/h2-7H,1H3,(H,18,19). The molecule has 0 aliphatic carbocycles. The SMILES string of the molecule is Cc1ccc(NC(=O)c2ccc(Br)cc2F)cc1Br. The lowest BCUT2D eigenvalue weighted by molar-refractivity contribution is 0.102. The molecule has 2 aromatic rings. The Morgan fingerprint density at radius 3 is 2.53 bits per heavy atom. The summed E-state index contributed by atoms with van der Waals surface area (Å²) in [4.78, 5) is 12.0. The third-order valence-corrected chi connectivity index (χ3v) is 3.95. The molecule has 0 aliphatic heterocycles. The molecule has 2 rings (SSSR count). The van der Waals surface area contributed by atoms with Crippen LogP contribution in [0.3, 0.4) is 0 Å². The Balaban J connectivity index is 2.23. The predicted octanol–water partition coefficient (Wildman–Crippen LogP) is 4.91. The molecule has 0 spiro atoms. The van der Waals surface area contributed by atoms with Crippen LogP contribution < -0.4 is 5.32 Å². The van der Waals surface area contributed by atoms with Gasteiger partial charge in [0.2, 0.25) is 0 Å². The molecule has 0 saturated carbocycles. The number of hydrogen-bond acceptors (Lipinski definition) is 1. The molecule has 1 amide bonds. The van der Waals surface area contributed by atoms with Crippen LogP contribution in [0, 0.1) is 12.7 Å². The van der Waals surface area contributed by atoms with Crippen molar-refractivity contribution in [2.75, 3.05) is 5.32 Å². The molecule has 0 bridgehead atoms. The van der Waals surface area contributed by atoms with Gasteiger partial charge in [-0.2, -0.15) is 0 Å². The molecule has 0 aliphatic rings. The summed E-state index contributed by atoms with van der Waals surface area (Å²) in [5.74, 6) is -1.03. The van der Waals surface area contributed by atoms with Crippen molar-refractivity contribution in [1.82, 2.24) is 0 Å². The van der Waals surface area contributed by atoms with Gasteiger partial charge < -0.3 is 5.32 Å². The van der Waals surface area contributed by atoms with Crippen LogP contribution in [0.15, 0.2) is 45.3 Å². The molecular weight excluding hydrogens is 377 g/mol. The normalized spacial score (nSPS) is 10.3. The van der Waals surface area contributed by atoms with E-state index in [1.807, 2.05) is 13.0 Å². The van der Waals surface area contributed by atoms with Crippen molar-refractivity contribution in [3.05, 3.63) is 62.3 Å². The monoisotopic (exact) mass is 385 g/mol. The lowest BCUT2D eigenvalue weighted by atomic mass is 10.2. The summed E-state index contributed by atoms with van der Waals surface area (Å²) in [5, 5.41) is 2.66. The van der Waals surface area contributed by atoms with Crippen molar-refractivity contribution >= 4 is 43.5 Å². The zero-order valence-electron chi connectivity index (χ0n) is 10.0. The van der Waals surface area contributed by atoms with Crippen LogP contribution in [-0.4, -0.2) is 5.91 Å². The van der Waals surface area contributed by atoms with E-state index in [9.17, 15) is 9.18 Å². The molecule has 0 saturated heterocycles. The molecular formula is C14H10Br2FNO. The third kappa shape index (κ3) is 3.42. The lowest BCUT2D eigenvalue weighted by Crippen LogP contribution is -2.13. The summed E-state index contributed by atoms with van der Waals surface area (Å²) >= 11 is 6.54. The zero-order chi connectivity index (χ0) is 14.0. The molecule has 2 nitrogen and oxygen atoms in total. The van der Waals surface area contributed by atoms with Crippen LogP contribution >= 0.6 is 31.9 Å². The number of anilines is 1. The highest BCUT2D eigenvalue weighted by molar-refractivity contribution is 9.10. The summed E-state index contributed by atoms with van der Waals surface area (Å²) < 4.78 is 15.1. The van der Waals surface area contributed by atoms with Gasteiger partial charge in [0.25, 0.3) is 5.91 Å². The minimum atomic E-state index is -0.557. The molecule has 0 fully saturated rings. The van der Waals surface area contributed by atoms with E-state index in [0.717, 1.165) is 10.0 Å². The Hall–Kier alpha value is -1.20. The number of rotatable bonds is 2. The fraction of sp³-hybridized carbons (Fsp3) is 0.0714. The van der Waals surface area contributed by atoms with Crippen molar-refractivity contribution in [3.63, 3.8) is 0 Å². The molecule has 0 aromatic heterocycles. The largest absolute Gasteiger partial charge is 0.322 e. The van der Waals surface area contributed by atoms with Crippen LogP contribution in [0.5, 0.6) is 0 Å². The highest BCUT2D eigenvalue weighted by Gasteiger charge is 2.12. The van der Waals surface area contributed by atoms with E-state index in [2.05, 4.69) is 37.2 Å². The molecule has 0 atom stereocenters. The molecule has 2 aromatic carbocycles. The minimum Gasteiger partial charge on any atom is -0.322 e. The molecule has 0 heterocycles. The average Bonchev–Trinajstić information content (AvgIpc) is 2.33. The quantitative estimate of drug-likeness (QED) is 0.780. The fourth-order valence-corrected chi connectivity index (χ4v) is 2.25. The van der Waals surface area contributed by atoms with Gasteiger partial charge in [-0.05, 0) is 42.8 Å². The first-order chi connectivity index (χ1) is 8.97. The molecule has 1 N–H and O–H groups in total. The number of benzene rings is 2. The second-order valence-corrected chi connectivity index (χ2v) is 5.81. The highest BCUT2D eigenvalue weighted by Crippen LogP contribution is 2.22. The Bertz CT molecular complexity index is 643. The van der Waals surface area contributed by atoms with Crippen LogP contribution in [0.4, 0.5) is 10.1 Å². The van der Waals surface area contributed by atoms with Gasteiger partial charge in [0.05, 0.1) is 5.56 Å². The van der Waals surface area contributed by atoms with Gasteiger partial charge in [0.15, 0.2) is 0 Å². The Kier molecular flexibility index (Phi) is 4.37. The molecule has 19 heavy (non-hydrogen) atoms. The van der Waals surface area contributed by atoms with Crippen molar-refractivity contribution < 1.29 is 9.18 Å². The summed E-state index contributed by atoms with van der Waals surface area (Å²) in [6, 6.07) is 9.76. The highest BCUT2D eigenvalue weighted by atomic mass is 79.9. The number of carbonyl (C=O) groups is 1. The van der Waals surface area contributed by atoms with Crippen LogP contribution in [-0.2, 0) is 0 Å². The molecule has 98 valence electrons. The fourth-order valence-electron chi connectivity index (χ4n) is 1.54. The van der Waals surface area contributed by atoms with E-state index >= 15 is 0 Å². The second kappa shape index (κ2) is 5.84. The van der Waals surface area contributed by atoms with Crippen molar-refractivity contribution in [2.45, 2.75) is 6.92 Å². The van der Waals surface area contributed by atoms with E-state index in [0.29, 0.717) is 10.2 Å². The van der Waals surface area contributed by atoms with E-state index < -0.39 is 11.7 Å². The summed E-state index contributed by atoms with van der Waals surface area (Å²) in [5.41, 5.74) is 1.69. The predicted molar refractivity (Wildman–Crippen MR) is 80.9 cm³/mol. The van der Waals surface area contributed by atoms with Gasteiger partial charge in [0, 0.05) is 14.6 Å². The van der Waals surface area contributed by atoms with Crippen molar-refractivity contribution in [1.29, 1.82) is 0 Å². The van der Waals surface area contributed by atoms with E-state index in [4.69, 9.17) is 0 Å². The first kappa shape index (κ1) is 14.2. The van der Waals surface area contributed by atoms with Crippen LogP contribution in [0.1, 0.15) is 15.9 Å². The van der Waals surface area contributed by atoms with Gasteiger partial charge in [-0.1, -0.05) is 37.9 Å². The number of amides is 1. The van der Waals surface area contributed by atoms with E-state index in [1.165, 1.54) is 12.1 Å². The topological polar surface area (TPSA) is 29.1 Å². The van der Waals surface area contributed by atoms with Gasteiger partial charge in [-0.25, -0.2) is 4.39 Å². The Morgan fingerprint density at radius 1 is 1.16 bits per heavy atom. The maximum absolute atomic E-state index is 13.6. The Morgan fingerprint density at radius 2 is 1.89 bits per heavy atom. The average molecular weight is 387 g/mol. The number of halogens is 3. The van der Waals surface area contributed by atoms with Gasteiger partial charge >= 0.3 is 0 Å². The van der Waals surface area contributed by atoms with E-state index in [1.54, 1.807) is 18.2 Å². The molecule has 0 radical (unpaired) electrons. The zero-order valence-corrected chi connectivity index (χ0v) is 13.2. The molecule has 5 heteroatoms. The number of aryl methyl sites for hydroxylation is 1. The Labute approximate surface area is 127 Å². The van der Waals surface area contributed by atoms with Crippen molar-refractivity contribution in [3.8, 4) is 0 Å². The maximum atomic E-state index is 13.6. The van der Waals surface area contributed by atoms with Crippen molar-refractivity contribution in [2.24, 2.45) is 0 Å². The summed E-state index contributed by atoms with van der Waals surface area (Å²) in [7, 11) is 0. The minimum absolute atomic E-state index is 0.0138. The lowest BCUT2D eigenvalue weighted by Gasteiger charge is -2.08. The molecule has 0 unspecified atom stereocenters. The summed E-state index contributed by atoms with van der Waals surface area (Å²) in [6.07, 6.45) is 0. The third-order valence-electron chi connectivity index (χ3n) is 2.61. The van der Waals surface area contributed by atoms with Gasteiger partial charge in [-0.3, -0.25) is 4.79 Å². The van der Waals surface area contributed by atoms with Gasteiger partial charge in [-0.15, -0.1) is 0 Å². The first-order valence-electron chi connectivity index (χ1n) is 5.50.